The van der Waals surface area contributed by atoms with E-state index < -0.39 is 21.3 Å². The predicted octanol–water partition coefficient (Wildman–Crippen LogP) is 7.44. The van der Waals surface area contributed by atoms with Gasteiger partial charge in [-0.05, 0) is 0 Å². The molecule has 0 aliphatic carbocycles. The molecule has 1 atom stereocenters. The van der Waals surface area contributed by atoms with Crippen molar-refractivity contribution in [2.45, 2.75) is 119 Å². The van der Waals surface area contributed by atoms with Gasteiger partial charge in [0.25, 0.3) is 0 Å². The van der Waals surface area contributed by atoms with Crippen LogP contribution in [0.1, 0.15) is 77.6 Å². The van der Waals surface area contributed by atoms with Crippen molar-refractivity contribution in [2.24, 2.45) is 0 Å². The molecule has 0 aromatic rings. The molecule has 0 aromatic heterocycles. The van der Waals surface area contributed by atoms with Crippen LogP contribution in [0.4, 0.5) is 0 Å². The van der Waals surface area contributed by atoms with Crippen LogP contribution in [0.3, 0.4) is 0 Å². The van der Waals surface area contributed by atoms with Crippen LogP contribution >= 0.6 is 0 Å². The summed E-state index contributed by atoms with van der Waals surface area (Å²) in [7, 11) is 0.686. The van der Waals surface area contributed by atoms with E-state index in [0.717, 1.165) is 0 Å². The first-order valence-corrected chi connectivity index (χ1v) is 21.0. The van der Waals surface area contributed by atoms with Crippen molar-refractivity contribution < 1.29 is 4.74 Å². The minimum absolute atomic E-state index is 0.285. The first kappa shape index (κ1) is 23.7. The molecule has 0 heterocycles. The van der Waals surface area contributed by atoms with Crippen molar-refractivity contribution in [3.8, 4) is 0 Å². The predicted molar refractivity (Wildman–Crippen MR) is 113 cm³/mol. The third-order valence-corrected chi connectivity index (χ3v) is 23.2. The average Bonchev–Trinajstić information content (AvgIpc) is 2.42. The van der Waals surface area contributed by atoms with Crippen LogP contribution in [0.5, 0.6) is 0 Å². The maximum atomic E-state index is 6.29. The van der Waals surface area contributed by atoms with Gasteiger partial charge >= 0.3 is 145 Å². The molecule has 0 saturated carbocycles. The third-order valence-electron chi connectivity index (χ3n) is 5.65. The summed E-state index contributed by atoms with van der Waals surface area (Å²) in [6.07, 6.45) is 15.5. The molecule has 0 fully saturated rings. The SMILES string of the molecule is CCCCCCCCCCCC[C](OC)([Si](C)(C)C)[Ge]([CH3])([CH3])[CH3]. The van der Waals surface area contributed by atoms with E-state index in [1.807, 2.05) is 7.11 Å². The monoisotopic (exact) mass is 404 g/mol. The fourth-order valence-corrected chi connectivity index (χ4v) is 25.6. The van der Waals surface area contributed by atoms with Crippen LogP contribution in [-0.2, 0) is 4.74 Å². The number of ether oxygens (including phenoxy) is 1. The van der Waals surface area contributed by atoms with E-state index in [1.165, 1.54) is 70.6 Å². The van der Waals surface area contributed by atoms with Crippen molar-refractivity contribution >= 4 is 21.3 Å². The summed E-state index contributed by atoms with van der Waals surface area (Å²) in [5, 5.41) is 0. The zero-order chi connectivity index (χ0) is 18.0. The Labute approximate surface area is 151 Å². The Morgan fingerprint density at radius 3 is 1.43 bits per heavy atom. The molecule has 0 saturated heterocycles. The third kappa shape index (κ3) is 8.09. The zero-order valence-corrected chi connectivity index (χ0v) is 20.8. The van der Waals surface area contributed by atoms with E-state index in [0.29, 0.717) is 0 Å². The van der Waals surface area contributed by atoms with Gasteiger partial charge in [0, 0.05) is 0 Å². The summed E-state index contributed by atoms with van der Waals surface area (Å²) in [4.78, 5) is 0. The molecule has 0 N–H and O–H groups in total. The molecule has 3 heteroatoms. The summed E-state index contributed by atoms with van der Waals surface area (Å²) < 4.78 is 6.58. The number of hydrogen-bond acceptors (Lipinski definition) is 1. The molecule has 0 amide bonds. The second kappa shape index (κ2) is 11.4. The van der Waals surface area contributed by atoms with Gasteiger partial charge in [0.15, 0.2) is 0 Å². The Balaban J connectivity index is 4.07. The molecular weight excluding hydrogens is 357 g/mol. The number of methoxy groups -OCH3 is 1. The fourth-order valence-electron chi connectivity index (χ4n) is 4.45. The summed E-state index contributed by atoms with van der Waals surface area (Å²) in [6, 6.07) is 0. The standard InChI is InChI=1S/C20H46GeOSi/c1-9-10-11-12-13-14-15-16-17-18-19-20(22-5,21(2,3)4)23(6,7)8/h9-19H2,1-8H3. The van der Waals surface area contributed by atoms with Crippen LogP contribution in [0.25, 0.3) is 0 Å². The minimum atomic E-state index is -1.87. The van der Waals surface area contributed by atoms with E-state index in [2.05, 4.69) is 43.8 Å². The van der Waals surface area contributed by atoms with Gasteiger partial charge in [-0.15, -0.1) is 0 Å². The normalized spacial score (nSPS) is 15.7. The summed E-state index contributed by atoms with van der Waals surface area (Å²) in [6.45, 7) is 9.85. The number of unbranched alkanes of at least 4 members (excludes halogenated alkanes) is 9. The van der Waals surface area contributed by atoms with Gasteiger partial charge in [0.05, 0.1) is 0 Å². The van der Waals surface area contributed by atoms with Gasteiger partial charge in [-0.25, -0.2) is 0 Å². The second-order valence-corrected chi connectivity index (χ2v) is 27.0. The van der Waals surface area contributed by atoms with Crippen LogP contribution in [-0.4, -0.2) is 32.5 Å². The molecule has 0 radical (unpaired) electrons. The molecule has 0 aliphatic heterocycles. The molecular formula is C20H46GeOSi. The molecule has 23 heavy (non-hydrogen) atoms. The van der Waals surface area contributed by atoms with Crippen molar-refractivity contribution in [1.82, 2.24) is 0 Å². The van der Waals surface area contributed by atoms with Gasteiger partial charge in [-0.3, -0.25) is 0 Å². The van der Waals surface area contributed by atoms with Gasteiger partial charge in [0.1, 0.15) is 0 Å². The molecule has 1 nitrogen and oxygen atoms in total. The van der Waals surface area contributed by atoms with Crippen LogP contribution in [0.2, 0.25) is 36.9 Å². The Hall–Kier alpha value is 0.720. The Morgan fingerprint density at radius 2 is 1.13 bits per heavy atom. The summed E-state index contributed by atoms with van der Waals surface area (Å²) in [5.74, 6) is 7.66. The van der Waals surface area contributed by atoms with E-state index in [9.17, 15) is 0 Å². The van der Waals surface area contributed by atoms with Gasteiger partial charge in [-0.1, -0.05) is 6.92 Å². The van der Waals surface area contributed by atoms with Gasteiger partial charge in [0.2, 0.25) is 0 Å². The first-order chi connectivity index (χ1) is 10.6. The quantitative estimate of drug-likeness (QED) is 0.216. The fraction of sp³-hybridized carbons (Fsp3) is 1.00. The Kier molecular flexibility index (Phi) is 11.7. The summed E-state index contributed by atoms with van der Waals surface area (Å²) in [5.41, 5.74) is 0. The topological polar surface area (TPSA) is 9.23 Å². The van der Waals surface area contributed by atoms with E-state index in [1.54, 1.807) is 0 Å². The van der Waals surface area contributed by atoms with Crippen molar-refractivity contribution in [3.05, 3.63) is 0 Å². The molecule has 140 valence electrons. The molecule has 0 rings (SSSR count). The molecule has 0 spiro atoms. The van der Waals surface area contributed by atoms with Crippen LogP contribution < -0.4 is 0 Å². The molecule has 1 unspecified atom stereocenters. The first-order valence-electron chi connectivity index (χ1n) is 10.2. The average molecular weight is 403 g/mol. The van der Waals surface area contributed by atoms with Crippen molar-refractivity contribution in [1.29, 1.82) is 0 Å². The van der Waals surface area contributed by atoms with Crippen molar-refractivity contribution in [3.63, 3.8) is 0 Å². The number of hydrogen-bond donors (Lipinski definition) is 0. The molecule has 0 aliphatic rings. The van der Waals surface area contributed by atoms with Gasteiger partial charge < -0.3 is 0 Å². The van der Waals surface area contributed by atoms with Crippen molar-refractivity contribution in [2.75, 3.05) is 7.11 Å². The maximum absolute atomic E-state index is 6.29. The number of rotatable bonds is 14. The van der Waals surface area contributed by atoms with E-state index in [4.69, 9.17) is 4.74 Å². The Bertz CT molecular complexity index is 277. The van der Waals surface area contributed by atoms with Gasteiger partial charge in [-0.2, -0.15) is 0 Å². The summed E-state index contributed by atoms with van der Waals surface area (Å²) >= 11 is -1.87. The Morgan fingerprint density at radius 1 is 0.739 bits per heavy atom. The zero-order valence-electron chi connectivity index (χ0n) is 17.7. The van der Waals surface area contributed by atoms with E-state index >= 15 is 0 Å². The molecule has 0 aromatic carbocycles. The second-order valence-electron chi connectivity index (χ2n) is 9.46. The molecule has 0 bridgehead atoms. The van der Waals surface area contributed by atoms with E-state index in [-0.39, 0.29) is 4.06 Å². The van der Waals surface area contributed by atoms with Crippen LogP contribution in [0.15, 0.2) is 0 Å². The van der Waals surface area contributed by atoms with Crippen LogP contribution in [0, 0.1) is 0 Å².